The maximum absolute atomic E-state index is 13.5. The fourth-order valence-electron chi connectivity index (χ4n) is 3.56. The summed E-state index contributed by atoms with van der Waals surface area (Å²) in [6, 6.07) is 10.5. The Morgan fingerprint density at radius 3 is 2.25 bits per heavy atom. The highest BCUT2D eigenvalue weighted by atomic mass is 35.5. The number of alkyl halides is 3. The van der Waals surface area contributed by atoms with E-state index in [2.05, 4.69) is 5.32 Å². The third-order valence-corrected chi connectivity index (χ3v) is 6.82. The highest BCUT2D eigenvalue weighted by Gasteiger charge is 2.36. The number of rotatable bonds is 11. The molecule has 2 aromatic rings. The summed E-state index contributed by atoms with van der Waals surface area (Å²) in [4.78, 5) is 27.6. The summed E-state index contributed by atoms with van der Waals surface area (Å²) in [6.07, 6.45) is -3.12. The molecule has 0 fully saturated rings. The number of halogens is 4. The van der Waals surface area contributed by atoms with Crippen molar-refractivity contribution in [2.75, 3.05) is 23.7 Å². The summed E-state index contributed by atoms with van der Waals surface area (Å²) in [5.41, 5.74) is -0.899. The molecule has 0 heterocycles. The molecule has 0 spiro atoms. The Labute approximate surface area is 214 Å². The van der Waals surface area contributed by atoms with Crippen LogP contribution >= 0.6 is 11.6 Å². The van der Waals surface area contributed by atoms with Crippen LogP contribution in [-0.4, -0.2) is 50.5 Å². The van der Waals surface area contributed by atoms with Gasteiger partial charge in [0.1, 0.15) is 12.6 Å². The van der Waals surface area contributed by atoms with Gasteiger partial charge < -0.3 is 10.2 Å². The molecular weight excluding hydrogens is 519 g/mol. The van der Waals surface area contributed by atoms with E-state index in [1.54, 1.807) is 37.3 Å². The molecule has 2 rings (SSSR count). The second kappa shape index (κ2) is 12.4. The fraction of sp³-hybridized carbons (Fsp3) is 0.417. The van der Waals surface area contributed by atoms with Crippen LogP contribution in [0.25, 0.3) is 0 Å². The molecule has 12 heteroatoms. The number of carbonyl (C=O) groups is 2. The maximum atomic E-state index is 13.5. The zero-order chi connectivity index (χ0) is 27.1. The molecule has 2 amide bonds. The maximum Gasteiger partial charge on any atom is 0.417 e. The third kappa shape index (κ3) is 7.86. The van der Waals surface area contributed by atoms with E-state index in [9.17, 15) is 31.2 Å². The predicted octanol–water partition coefficient (Wildman–Crippen LogP) is 4.46. The van der Waals surface area contributed by atoms with Crippen molar-refractivity contribution in [3.05, 3.63) is 64.7 Å². The van der Waals surface area contributed by atoms with E-state index in [1.807, 2.05) is 6.92 Å². The van der Waals surface area contributed by atoms with Crippen molar-refractivity contribution in [2.45, 2.75) is 45.5 Å². The summed E-state index contributed by atoms with van der Waals surface area (Å²) in [6.45, 7) is 3.18. The first-order valence-electron chi connectivity index (χ1n) is 11.2. The van der Waals surface area contributed by atoms with Crippen LogP contribution < -0.4 is 9.62 Å². The molecule has 0 aliphatic rings. The lowest BCUT2D eigenvalue weighted by molar-refractivity contribution is -0.140. The molecular formula is C24H29ClF3N3O4S. The highest BCUT2D eigenvalue weighted by molar-refractivity contribution is 7.92. The number of sulfonamides is 1. The molecule has 0 aliphatic heterocycles. The van der Waals surface area contributed by atoms with Gasteiger partial charge in [-0.1, -0.05) is 55.8 Å². The average Bonchev–Trinajstić information content (AvgIpc) is 2.80. The SMILES string of the molecule is CCCNC(=O)[C@@H](CC)N(Cc1ccccc1)C(=O)CN(c1ccc(Cl)c(C(F)(F)F)c1)S(C)(=O)=O. The van der Waals surface area contributed by atoms with Gasteiger partial charge in [-0.25, -0.2) is 8.42 Å². The lowest BCUT2D eigenvalue weighted by atomic mass is 10.1. The van der Waals surface area contributed by atoms with E-state index in [0.29, 0.717) is 28.9 Å². The molecule has 1 atom stereocenters. The normalized spacial score (nSPS) is 12.6. The smallest absolute Gasteiger partial charge is 0.354 e. The minimum Gasteiger partial charge on any atom is -0.354 e. The molecule has 0 bridgehead atoms. The van der Waals surface area contributed by atoms with Gasteiger partial charge in [0, 0.05) is 13.1 Å². The van der Waals surface area contributed by atoms with Gasteiger partial charge >= 0.3 is 6.18 Å². The van der Waals surface area contributed by atoms with Crippen molar-refractivity contribution in [3.8, 4) is 0 Å². The Kier molecular flexibility index (Phi) is 10.2. The predicted molar refractivity (Wildman–Crippen MR) is 133 cm³/mol. The zero-order valence-corrected chi connectivity index (χ0v) is 21.8. The van der Waals surface area contributed by atoms with Crippen LogP contribution in [0.15, 0.2) is 48.5 Å². The van der Waals surface area contributed by atoms with Gasteiger partial charge in [0.05, 0.1) is 22.5 Å². The number of carbonyl (C=O) groups excluding carboxylic acids is 2. The van der Waals surface area contributed by atoms with Crippen LogP contribution in [0.4, 0.5) is 18.9 Å². The summed E-state index contributed by atoms with van der Waals surface area (Å²) in [5.74, 6) is -1.15. The van der Waals surface area contributed by atoms with E-state index < -0.39 is 51.2 Å². The minimum atomic E-state index is -4.83. The fourth-order valence-corrected chi connectivity index (χ4v) is 4.63. The molecule has 0 saturated carbocycles. The van der Waals surface area contributed by atoms with Crippen LogP contribution in [0.2, 0.25) is 5.02 Å². The number of anilines is 1. The second-order valence-corrected chi connectivity index (χ2v) is 10.5. The summed E-state index contributed by atoms with van der Waals surface area (Å²) in [7, 11) is -4.19. The molecule has 0 aliphatic carbocycles. The Morgan fingerprint density at radius 2 is 1.72 bits per heavy atom. The van der Waals surface area contributed by atoms with Gasteiger partial charge in [-0.3, -0.25) is 13.9 Å². The van der Waals surface area contributed by atoms with Crippen molar-refractivity contribution in [1.29, 1.82) is 0 Å². The first-order chi connectivity index (χ1) is 16.8. The Bertz CT molecular complexity index is 1160. The van der Waals surface area contributed by atoms with Crippen molar-refractivity contribution in [1.82, 2.24) is 10.2 Å². The summed E-state index contributed by atoms with van der Waals surface area (Å²) >= 11 is 5.68. The first kappa shape index (κ1) is 29.4. The van der Waals surface area contributed by atoms with Crippen molar-refractivity contribution in [2.24, 2.45) is 0 Å². The lowest BCUT2D eigenvalue weighted by Crippen LogP contribution is -2.52. The van der Waals surface area contributed by atoms with E-state index in [4.69, 9.17) is 11.6 Å². The average molecular weight is 548 g/mol. The van der Waals surface area contributed by atoms with Crippen molar-refractivity contribution >= 4 is 39.1 Å². The van der Waals surface area contributed by atoms with Gasteiger partial charge in [-0.05, 0) is 36.6 Å². The van der Waals surface area contributed by atoms with E-state index >= 15 is 0 Å². The van der Waals surface area contributed by atoms with E-state index in [1.165, 1.54) is 4.90 Å². The van der Waals surface area contributed by atoms with Crippen LogP contribution in [-0.2, 0) is 32.3 Å². The van der Waals surface area contributed by atoms with E-state index in [-0.39, 0.29) is 18.7 Å². The Morgan fingerprint density at radius 1 is 1.08 bits per heavy atom. The molecule has 0 aromatic heterocycles. The largest absolute Gasteiger partial charge is 0.417 e. The lowest BCUT2D eigenvalue weighted by Gasteiger charge is -2.33. The number of nitrogens with zero attached hydrogens (tertiary/aromatic N) is 2. The first-order valence-corrected chi connectivity index (χ1v) is 13.5. The van der Waals surface area contributed by atoms with Crippen LogP contribution in [0.1, 0.15) is 37.8 Å². The van der Waals surface area contributed by atoms with Crippen molar-refractivity contribution < 1.29 is 31.2 Å². The third-order valence-electron chi connectivity index (χ3n) is 5.35. The quantitative estimate of drug-likeness (QED) is 0.450. The zero-order valence-electron chi connectivity index (χ0n) is 20.2. The molecule has 0 radical (unpaired) electrons. The molecule has 1 N–H and O–H groups in total. The van der Waals surface area contributed by atoms with E-state index in [0.717, 1.165) is 18.4 Å². The highest BCUT2D eigenvalue weighted by Crippen LogP contribution is 2.37. The monoisotopic (exact) mass is 547 g/mol. The second-order valence-electron chi connectivity index (χ2n) is 8.15. The number of nitrogens with one attached hydrogen (secondary N) is 1. The summed E-state index contributed by atoms with van der Waals surface area (Å²) < 4.78 is 65.9. The Hall–Kier alpha value is -2.79. The molecule has 7 nitrogen and oxygen atoms in total. The van der Waals surface area contributed by atoms with Crippen LogP contribution in [0.3, 0.4) is 0 Å². The number of hydrogen-bond donors (Lipinski definition) is 1. The molecule has 2 aromatic carbocycles. The standard InChI is InChI=1S/C24H29ClF3N3O4S/c1-4-13-29-23(33)21(5-2)30(15-17-9-7-6-8-10-17)22(32)16-31(36(3,34)35)18-11-12-20(25)19(14-18)24(26,27)28/h6-12,14,21H,4-5,13,15-16H2,1-3H3,(H,29,33)/t21-/m1/s1. The minimum absolute atomic E-state index is 0.00372. The van der Waals surface area contributed by atoms with Gasteiger partial charge in [-0.2, -0.15) is 13.2 Å². The Balaban J connectivity index is 2.48. The van der Waals surface area contributed by atoms with Gasteiger partial charge in [0.25, 0.3) is 0 Å². The molecule has 0 unspecified atom stereocenters. The number of hydrogen-bond acceptors (Lipinski definition) is 4. The number of amides is 2. The number of benzene rings is 2. The molecule has 36 heavy (non-hydrogen) atoms. The van der Waals surface area contributed by atoms with Crippen LogP contribution in [0, 0.1) is 0 Å². The van der Waals surface area contributed by atoms with Gasteiger partial charge in [0.15, 0.2) is 0 Å². The van der Waals surface area contributed by atoms with Crippen LogP contribution in [0.5, 0.6) is 0 Å². The van der Waals surface area contributed by atoms with Crippen molar-refractivity contribution in [3.63, 3.8) is 0 Å². The topological polar surface area (TPSA) is 86.8 Å². The molecule has 0 saturated heterocycles. The molecule has 198 valence electrons. The van der Waals surface area contributed by atoms with Gasteiger partial charge in [-0.15, -0.1) is 0 Å². The van der Waals surface area contributed by atoms with Gasteiger partial charge in [0.2, 0.25) is 21.8 Å². The summed E-state index contributed by atoms with van der Waals surface area (Å²) in [5, 5.41) is 2.14.